The predicted octanol–water partition coefficient (Wildman–Crippen LogP) is 2.62. The van der Waals surface area contributed by atoms with Gasteiger partial charge < -0.3 is 19.7 Å². The third kappa shape index (κ3) is 3.62. The van der Waals surface area contributed by atoms with E-state index >= 15 is 0 Å². The zero-order valence-electron chi connectivity index (χ0n) is 14.9. The van der Waals surface area contributed by atoms with Gasteiger partial charge in [0.05, 0.1) is 25.3 Å². The first-order valence-corrected chi connectivity index (χ1v) is 9.87. The van der Waals surface area contributed by atoms with Crippen molar-refractivity contribution >= 4 is 22.4 Å². The van der Waals surface area contributed by atoms with E-state index in [0.29, 0.717) is 19.6 Å². The van der Waals surface area contributed by atoms with E-state index in [1.165, 1.54) is 12.8 Å². The van der Waals surface area contributed by atoms with Gasteiger partial charge in [-0.3, -0.25) is 4.79 Å². The van der Waals surface area contributed by atoms with E-state index in [2.05, 4.69) is 15.2 Å². The fourth-order valence-corrected chi connectivity index (χ4v) is 4.30. The van der Waals surface area contributed by atoms with Crippen LogP contribution in [0.25, 0.3) is 0 Å². The van der Waals surface area contributed by atoms with E-state index in [9.17, 15) is 4.79 Å². The first kappa shape index (κ1) is 17.1. The summed E-state index contributed by atoms with van der Waals surface area (Å²) in [5, 5.41) is 6.10. The molecule has 1 saturated heterocycles. The van der Waals surface area contributed by atoms with Crippen molar-refractivity contribution in [2.45, 2.75) is 25.8 Å². The number of carbonyl (C=O) groups is 1. The van der Waals surface area contributed by atoms with Crippen LogP contribution in [0.1, 0.15) is 24.1 Å². The van der Waals surface area contributed by atoms with Crippen molar-refractivity contribution in [3.63, 3.8) is 0 Å². The molecule has 1 fully saturated rings. The van der Waals surface area contributed by atoms with Gasteiger partial charge in [-0.1, -0.05) is 0 Å². The number of fused-ring (bicyclic) bond motifs is 1. The number of carbonyl (C=O) groups excluding carboxylic acids is 1. The van der Waals surface area contributed by atoms with Crippen LogP contribution in [0.5, 0.6) is 11.5 Å². The molecule has 0 radical (unpaired) electrons. The number of nitrogens with zero attached hydrogens (tertiary/aromatic N) is 2. The highest BCUT2D eigenvalue weighted by Gasteiger charge is 2.26. The van der Waals surface area contributed by atoms with Crippen molar-refractivity contribution in [2.75, 3.05) is 31.7 Å². The predicted molar refractivity (Wildman–Crippen MR) is 101 cm³/mol. The van der Waals surface area contributed by atoms with Gasteiger partial charge in [-0.05, 0) is 43.0 Å². The number of aromatic nitrogens is 1. The first-order chi connectivity index (χ1) is 12.7. The number of ether oxygens (including phenoxy) is 2. The van der Waals surface area contributed by atoms with Gasteiger partial charge >= 0.3 is 0 Å². The number of nitrogens with one attached hydrogen (secondary N) is 1. The molecule has 0 spiro atoms. The monoisotopic (exact) mass is 373 g/mol. The van der Waals surface area contributed by atoms with Gasteiger partial charge in [0.1, 0.15) is 18.1 Å². The average molecular weight is 373 g/mol. The molecular formula is C19H23N3O3S. The Morgan fingerprint density at radius 1 is 1.42 bits per heavy atom. The third-order valence-corrected chi connectivity index (χ3v) is 5.85. The summed E-state index contributed by atoms with van der Waals surface area (Å²) in [6.07, 6.45) is 3.13. The summed E-state index contributed by atoms with van der Waals surface area (Å²) in [4.78, 5) is 19.5. The molecular weight excluding hydrogens is 350 g/mol. The van der Waals surface area contributed by atoms with Crippen molar-refractivity contribution < 1.29 is 14.3 Å². The van der Waals surface area contributed by atoms with Crippen LogP contribution in [-0.4, -0.2) is 37.7 Å². The van der Waals surface area contributed by atoms with E-state index in [4.69, 9.17) is 9.47 Å². The summed E-state index contributed by atoms with van der Waals surface area (Å²) < 4.78 is 11.0. The first-order valence-electron chi connectivity index (χ1n) is 8.99. The van der Waals surface area contributed by atoms with E-state index < -0.39 is 0 Å². The number of amides is 1. The minimum absolute atomic E-state index is 0.00851. The zero-order valence-corrected chi connectivity index (χ0v) is 15.7. The lowest BCUT2D eigenvalue weighted by Gasteiger charge is -2.24. The van der Waals surface area contributed by atoms with Crippen LogP contribution in [0.15, 0.2) is 23.6 Å². The van der Waals surface area contributed by atoms with Crippen LogP contribution >= 0.6 is 11.3 Å². The van der Waals surface area contributed by atoms with Gasteiger partial charge in [0.2, 0.25) is 5.91 Å². The average Bonchev–Trinajstić information content (AvgIpc) is 3.36. The minimum atomic E-state index is -0.189. The topological polar surface area (TPSA) is 63.7 Å². The summed E-state index contributed by atoms with van der Waals surface area (Å²) in [6.45, 7) is 3.04. The Morgan fingerprint density at radius 3 is 3.08 bits per heavy atom. The molecule has 7 heteroatoms. The van der Waals surface area contributed by atoms with Crippen molar-refractivity contribution in [3.8, 4) is 11.5 Å². The Bertz CT molecular complexity index is 786. The van der Waals surface area contributed by atoms with E-state index in [0.717, 1.165) is 41.0 Å². The number of hydrogen-bond donors (Lipinski definition) is 1. The van der Waals surface area contributed by atoms with E-state index in [1.807, 2.05) is 23.6 Å². The lowest BCUT2D eigenvalue weighted by atomic mass is 9.96. The number of anilines is 1. The highest BCUT2D eigenvalue weighted by Crippen LogP contribution is 2.31. The maximum atomic E-state index is 12.5. The minimum Gasteiger partial charge on any atom is -0.497 e. The number of hydrogen-bond acceptors (Lipinski definition) is 6. The van der Waals surface area contributed by atoms with Crippen LogP contribution in [-0.2, 0) is 17.8 Å². The molecule has 3 heterocycles. The smallest absolute Gasteiger partial charge is 0.227 e. The SMILES string of the molecule is COc1ccc2c(c1)CC(C(=O)NCc1csc(N3CCCC3)n1)CO2. The van der Waals surface area contributed by atoms with Gasteiger partial charge in [0.25, 0.3) is 0 Å². The van der Waals surface area contributed by atoms with Gasteiger partial charge in [0, 0.05) is 18.5 Å². The molecule has 1 aromatic heterocycles. The Balaban J connectivity index is 1.33. The quantitative estimate of drug-likeness (QED) is 0.873. The molecule has 1 atom stereocenters. The maximum absolute atomic E-state index is 12.5. The van der Waals surface area contributed by atoms with Gasteiger partial charge in [-0.2, -0.15) is 0 Å². The number of methoxy groups -OCH3 is 1. The van der Waals surface area contributed by atoms with Crippen molar-refractivity contribution in [1.82, 2.24) is 10.3 Å². The molecule has 1 amide bonds. The number of thiazole rings is 1. The Kier molecular flexibility index (Phi) is 4.97. The zero-order chi connectivity index (χ0) is 17.9. The van der Waals surface area contributed by atoms with E-state index in [1.54, 1.807) is 18.4 Å². The normalized spacial score (nSPS) is 19.0. The lowest BCUT2D eigenvalue weighted by Crippen LogP contribution is -2.37. The van der Waals surface area contributed by atoms with Gasteiger partial charge in [-0.15, -0.1) is 11.3 Å². The van der Waals surface area contributed by atoms with Crippen LogP contribution in [0, 0.1) is 5.92 Å². The Morgan fingerprint density at radius 2 is 2.27 bits per heavy atom. The second-order valence-corrected chi connectivity index (χ2v) is 7.56. The standard InChI is InChI=1S/C19H23N3O3S/c1-24-16-4-5-17-13(9-16)8-14(11-25-17)18(23)20-10-15-12-26-19(21-15)22-6-2-3-7-22/h4-5,9,12,14H,2-3,6-8,10-11H2,1H3,(H,20,23). The Labute approximate surface area is 157 Å². The lowest BCUT2D eigenvalue weighted by molar-refractivity contribution is -0.126. The van der Waals surface area contributed by atoms with E-state index in [-0.39, 0.29) is 11.8 Å². The summed E-state index contributed by atoms with van der Waals surface area (Å²) in [5.41, 5.74) is 1.93. The molecule has 26 heavy (non-hydrogen) atoms. The van der Waals surface area contributed by atoms with Crippen LogP contribution in [0.4, 0.5) is 5.13 Å². The molecule has 4 rings (SSSR count). The number of benzene rings is 1. The van der Waals surface area contributed by atoms with Gasteiger partial charge in [-0.25, -0.2) is 4.98 Å². The summed E-state index contributed by atoms with van der Waals surface area (Å²) in [6, 6.07) is 5.72. The van der Waals surface area contributed by atoms with Crippen molar-refractivity contribution in [2.24, 2.45) is 5.92 Å². The molecule has 1 N–H and O–H groups in total. The molecule has 6 nitrogen and oxygen atoms in total. The van der Waals surface area contributed by atoms with Crippen LogP contribution in [0.3, 0.4) is 0 Å². The summed E-state index contributed by atoms with van der Waals surface area (Å²) >= 11 is 1.65. The fourth-order valence-electron chi connectivity index (χ4n) is 3.42. The maximum Gasteiger partial charge on any atom is 0.227 e. The molecule has 0 bridgehead atoms. The Hall–Kier alpha value is -2.28. The molecule has 1 unspecified atom stereocenters. The molecule has 2 aliphatic heterocycles. The molecule has 2 aliphatic rings. The molecule has 2 aromatic rings. The highest BCUT2D eigenvalue weighted by atomic mass is 32.1. The van der Waals surface area contributed by atoms with Crippen molar-refractivity contribution in [3.05, 3.63) is 34.8 Å². The fraction of sp³-hybridized carbons (Fsp3) is 0.474. The summed E-state index contributed by atoms with van der Waals surface area (Å²) in [7, 11) is 1.64. The van der Waals surface area contributed by atoms with Crippen molar-refractivity contribution in [1.29, 1.82) is 0 Å². The molecule has 0 aliphatic carbocycles. The van der Waals surface area contributed by atoms with Gasteiger partial charge in [0.15, 0.2) is 5.13 Å². The molecule has 0 saturated carbocycles. The number of rotatable bonds is 5. The third-order valence-electron chi connectivity index (χ3n) is 4.90. The molecule has 1 aromatic carbocycles. The largest absolute Gasteiger partial charge is 0.497 e. The second kappa shape index (κ2) is 7.53. The second-order valence-electron chi connectivity index (χ2n) is 6.72. The highest BCUT2D eigenvalue weighted by molar-refractivity contribution is 7.13. The van der Waals surface area contributed by atoms with Crippen LogP contribution < -0.4 is 19.7 Å². The summed E-state index contributed by atoms with van der Waals surface area (Å²) in [5.74, 6) is 1.44. The van der Waals surface area contributed by atoms with Crippen LogP contribution in [0.2, 0.25) is 0 Å². The molecule has 138 valence electrons.